The van der Waals surface area contributed by atoms with Gasteiger partial charge >= 0.3 is 0 Å². The van der Waals surface area contributed by atoms with E-state index in [4.69, 9.17) is 21.2 Å². The molecule has 0 bridgehead atoms. The van der Waals surface area contributed by atoms with Crippen LogP contribution in [0.3, 0.4) is 0 Å². The molecule has 0 amide bonds. The lowest BCUT2D eigenvalue weighted by atomic mass is 10.1. The van der Waals surface area contributed by atoms with Gasteiger partial charge < -0.3 is 4.74 Å². The van der Waals surface area contributed by atoms with E-state index in [0.29, 0.717) is 19.8 Å². The highest BCUT2D eigenvalue weighted by Crippen LogP contribution is 2.15. The van der Waals surface area contributed by atoms with Crippen molar-refractivity contribution in [2.24, 2.45) is 0 Å². The third kappa shape index (κ3) is 4.62. The molecule has 15 heavy (non-hydrogen) atoms. The van der Waals surface area contributed by atoms with Gasteiger partial charge in [0, 0.05) is 18.7 Å². The highest BCUT2D eigenvalue weighted by molar-refractivity contribution is 6.31. The Kier molecular flexibility index (Phi) is 5.65. The Morgan fingerprint density at radius 3 is 2.80 bits per heavy atom. The molecule has 84 valence electrons. The number of hydrogen-bond acceptors (Lipinski definition) is 3. The van der Waals surface area contributed by atoms with E-state index < -0.39 is 0 Å². The van der Waals surface area contributed by atoms with Gasteiger partial charge in [0.15, 0.2) is 0 Å². The Bertz CT molecular complexity index is 305. The summed E-state index contributed by atoms with van der Waals surface area (Å²) in [5.41, 5.74) is 5.08. The molecule has 1 rings (SSSR count). The van der Waals surface area contributed by atoms with Crippen molar-refractivity contribution in [2.75, 3.05) is 20.3 Å². The summed E-state index contributed by atoms with van der Waals surface area (Å²) in [6.07, 6.45) is 0. The van der Waals surface area contributed by atoms with Crippen molar-refractivity contribution in [2.45, 2.75) is 13.5 Å². The minimum atomic E-state index is 0.545. The largest absolute Gasteiger partial charge is 0.382 e. The van der Waals surface area contributed by atoms with Crippen LogP contribution in [-0.4, -0.2) is 20.3 Å². The summed E-state index contributed by atoms with van der Waals surface area (Å²) in [5.74, 6) is 0. The average molecular weight is 230 g/mol. The van der Waals surface area contributed by atoms with E-state index in [9.17, 15) is 0 Å². The predicted octanol–water partition coefficient (Wildman–Crippen LogP) is 2.32. The van der Waals surface area contributed by atoms with Gasteiger partial charge in [0.05, 0.1) is 13.2 Å². The molecule has 0 heterocycles. The Balaban J connectivity index is 2.28. The molecular formula is C11H16ClNO2. The molecule has 1 aromatic rings. The van der Waals surface area contributed by atoms with Gasteiger partial charge in [0.2, 0.25) is 0 Å². The Morgan fingerprint density at radius 2 is 2.13 bits per heavy atom. The zero-order valence-corrected chi connectivity index (χ0v) is 9.80. The first-order chi connectivity index (χ1) is 7.24. The highest BCUT2D eigenvalue weighted by Gasteiger charge is 1.97. The van der Waals surface area contributed by atoms with Gasteiger partial charge in [-0.15, -0.1) is 0 Å². The van der Waals surface area contributed by atoms with Gasteiger partial charge in [-0.3, -0.25) is 4.84 Å². The molecular weight excluding hydrogens is 214 g/mol. The Hall–Kier alpha value is -0.610. The van der Waals surface area contributed by atoms with E-state index in [-0.39, 0.29) is 0 Å². The van der Waals surface area contributed by atoms with Crippen LogP contribution in [0.5, 0.6) is 0 Å². The number of aryl methyl sites for hydroxylation is 1. The second-order valence-electron chi connectivity index (χ2n) is 3.25. The number of nitrogens with one attached hydrogen (secondary N) is 1. The number of hydroxylamine groups is 1. The lowest BCUT2D eigenvalue weighted by molar-refractivity contribution is 0.00346. The molecule has 0 fully saturated rings. The van der Waals surface area contributed by atoms with Gasteiger partial charge in [-0.1, -0.05) is 23.7 Å². The zero-order valence-electron chi connectivity index (χ0n) is 9.05. The molecule has 0 aliphatic rings. The first kappa shape index (κ1) is 12.5. The number of ether oxygens (including phenoxy) is 1. The second kappa shape index (κ2) is 6.80. The van der Waals surface area contributed by atoms with Gasteiger partial charge in [-0.05, 0) is 24.1 Å². The maximum Gasteiger partial charge on any atom is 0.0916 e. The average Bonchev–Trinajstić information content (AvgIpc) is 2.23. The Morgan fingerprint density at radius 1 is 1.33 bits per heavy atom. The maximum atomic E-state index is 5.92. The van der Waals surface area contributed by atoms with Crippen LogP contribution < -0.4 is 5.48 Å². The number of hydrogen-bond donors (Lipinski definition) is 1. The molecule has 0 radical (unpaired) electrons. The van der Waals surface area contributed by atoms with Crippen LogP contribution in [0, 0.1) is 6.92 Å². The molecule has 0 spiro atoms. The first-order valence-corrected chi connectivity index (χ1v) is 5.20. The molecule has 1 N–H and O–H groups in total. The van der Waals surface area contributed by atoms with Crippen LogP contribution >= 0.6 is 11.6 Å². The topological polar surface area (TPSA) is 30.5 Å². The van der Waals surface area contributed by atoms with Crippen LogP contribution in [0.2, 0.25) is 5.02 Å². The molecule has 0 saturated heterocycles. The molecule has 0 unspecified atom stereocenters. The minimum Gasteiger partial charge on any atom is -0.382 e. The van der Waals surface area contributed by atoms with Crippen molar-refractivity contribution >= 4 is 11.6 Å². The van der Waals surface area contributed by atoms with Crippen molar-refractivity contribution < 1.29 is 9.57 Å². The lowest BCUT2D eigenvalue weighted by Crippen LogP contribution is -2.17. The smallest absolute Gasteiger partial charge is 0.0916 e. The SMILES string of the molecule is COCCONCc1ccc(Cl)c(C)c1. The fourth-order valence-electron chi connectivity index (χ4n) is 1.15. The fourth-order valence-corrected chi connectivity index (χ4v) is 1.27. The summed E-state index contributed by atoms with van der Waals surface area (Å²) >= 11 is 5.92. The number of rotatable bonds is 6. The molecule has 0 saturated carbocycles. The fraction of sp³-hybridized carbons (Fsp3) is 0.455. The van der Waals surface area contributed by atoms with E-state index in [2.05, 4.69) is 5.48 Å². The molecule has 0 aromatic heterocycles. The van der Waals surface area contributed by atoms with Gasteiger partial charge in [-0.2, -0.15) is 5.48 Å². The summed E-state index contributed by atoms with van der Waals surface area (Å²) < 4.78 is 4.85. The lowest BCUT2D eigenvalue weighted by Gasteiger charge is -2.06. The van der Waals surface area contributed by atoms with Crippen LogP contribution in [0.4, 0.5) is 0 Å². The molecule has 3 nitrogen and oxygen atoms in total. The third-order valence-corrected chi connectivity index (χ3v) is 2.41. The normalized spacial score (nSPS) is 10.6. The van der Waals surface area contributed by atoms with Crippen molar-refractivity contribution in [1.29, 1.82) is 0 Å². The summed E-state index contributed by atoms with van der Waals surface area (Å²) in [6, 6.07) is 5.90. The zero-order chi connectivity index (χ0) is 11.1. The number of halogens is 1. The maximum absolute atomic E-state index is 5.92. The number of methoxy groups -OCH3 is 1. The van der Waals surface area contributed by atoms with E-state index in [1.54, 1.807) is 7.11 Å². The van der Waals surface area contributed by atoms with E-state index >= 15 is 0 Å². The van der Waals surface area contributed by atoms with Crippen LogP contribution in [0.15, 0.2) is 18.2 Å². The van der Waals surface area contributed by atoms with E-state index in [0.717, 1.165) is 16.1 Å². The minimum absolute atomic E-state index is 0.545. The summed E-state index contributed by atoms with van der Waals surface area (Å²) in [6.45, 7) is 3.79. The highest BCUT2D eigenvalue weighted by atomic mass is 35.5. The molecule has 4 heteroatoms. The first-order valence-electron chi connectivity index (χ1n) is 4.82. The van der Waals surface area contributed by atoms with Crippen LogP contribution in [0.1, 0.15) is 11.1 Å². The second-order valence-corrected chi connectivity index (χ2v) is 3.65. The summed E-state index contributed by atoms with van der Waals surface area (Å²) in [5, 5.41) is 0.791. The third-order valence-electron chi connectivity index (χ3n) is 1.99. The number of benzene rings is 1. The quantitative estimate of drug-likeness (QED) is 0.600. The van der Waals surface area contributed by atoms with E-state index in [1.807, 2.05) is 25.1 Å². The van der Waals surface area contributed by atoms with E-state index in [1.165, 1.54) is 0 Å². The van der Waals surface area contributed by atoms with Gasteiger partial charge in [-0.25, -0.2) is 0 Å². The molecule has 0 aliphatic heterocycles. The monoisotopic (exact) mass is 229 g/mol. The van der Waals surface area contributed by atoms with Gasteiger partial charge in [0.1, 0.15) is 0 Å². The Labute approximate surface area is 95.3 Å². The predicted molar refractivity (Wildman–Crippen MR) is 60.9 cm³/mol. The van der Waals surface area contributed by atoms with Crippen LogP contribution in [0.25, 0.3) is 0 Å². The van der Waals surface area contributed by atoms with Crippen molar-refractivity contribution in [3.8, 4) is 0 Å². The van der Waals surface area contributed by atoms with Crippen molar-refractivity contribution in [1.82, 2.24) is 5.48 Å². The summed E-state index contributed by atoms with van der Waals surface area (Å²) in [4.78, 5) is 5.14. The molecule has 0 aliphatic carbocycles. The molecule has 1 aromatic carbocycles. The van der Waals surface area contributed by atoms with Gasteiger partial charge in [0.25, 0.3) is 0 Å². The van der Waals surface area contributed by atoms with Crippen molar-refractivity contribution in [3.63, 3.8) is 0 Å². The van der Waals surface area contributed by atoms with Crippen LogP contribution in [-0.2, 0) is 16.1 Å². The summed E-state index contributed by atoms with van der Waals surface area (Å²) in [7, 11) is 1.64. The standard InChI is InChI=1S/C11H16ClNO2/c1-9-7-10(3-4-11(9)12)8-13-15-6-5-14-2/h3-4,7,13H,5-6,8H2,1-2H3. The van der Waals surface area contributed by atoms with Crippen molar-refractivity contribution in [3.05, 3.63) is 34.3 Å². The molecule has 0 atom stereocenters.